The lowest BCUT2D eigenvalue weighted by Gasteiger charge is -2.39. The van der Waals surface area contributed by atoms with Crippen molar-refractivity contribution < 1.29 is 4.79 Å². The number of carbonyl (C=O) groups excluding carboxylic acids is 1. The molecule has 0 saturated heterocycles. The molecule has 1 fully saturated rings. The van der Waals surface area contributed by atoms with E-state index in [0.29, 0.717) is 5.92 Å². The van der Waals surface area contributed by atoms with Gasteiger partial charge in [-0.15, -0.1) is 0 Å². The van der Waals surface area contributed by atoms with Crippen LogP contribution in [0.1, 0.15) is 53.4 Å². The molecule has 17 heavy (non-hydrogen) atoms. The second-order valence-corrected chi connectivity index (χ2v) is 6.38. The lowest BCUT2D eigenvalue weighted by atomic mass is 9.71. The minimum absolute atomic E-state index is 0.0442. The predicted molar refractivity (Wildman–Crippen MR) is 73.1 cm³/mol. The van der Waals surface area contributed by atoms with E-state index < -0.39 is 0 Å². The minimum atomic E-state index is -0.0442. The highest BCUT2D eigenvalue weighted by atomic mass is 16.1. The first-order valence-corrected chi connectivity index (χ1v) is 7.20. The zero-order chi connectivity index (χ0) is 12.9. The van der Waals surface area contributed by atoms with Crippen LogP contribution >= 0.6 is 0 Å². The van der Waals surface area contributed by atoms with Gasteiger partial charge in [0.1, 0.15) is 6.29 Å². The number of rotatable bonds is 6. The van der Waals surface area contributed by atoms with Gasteiger partial charge in [0.05, 0.1) is 0 Å². The highest BCUT2D eigenvalue weighted by molar-refractivity contribution is 5.60. The highest BCUT2D eigenvalue weighted by Crippen LogP contribution is 2.38. The van der Waals surface area contributed by atoms with Crippen LogP contribution in [-0.2, 0) is 4.79 Å². The quantitative estimate of drug-likeness (QED) is 0.662. The zero-order valence-electron chi connectivity index (χ0n) is 12.0. The number of hydrogen-bond donors (Lipinski definition) is 0. The van der Waals surface area contributed by atoms with Crippen molar-refractivity contribution in [1.29, 1.82) is 0 Å². The van der Waals surface area contributed by atoms with Crippen LogP contribution in [0.25, 0.3) is 0 Å². The van der Waals surface area contributed by atoms with Gasteiger partial charge in [-0.05, 0) is 44.1 Å². The first kappa shape index (κ1) is 14.7. The molecule has 0 amide bonds. The number of nitrogens with zero attached hydrogens (tertiary/aromatic N) is 1. The van der Waals surface area contributed by atoms with Crippen LogP contribution in [0.3, 0.4) is 0 Å². The predicted octanol–water partition coefficient (Wildman–Crippen LogP) is 3.36. The molecular weight excluding hydrogens is 210 g/mol. The van der Waals surface area contributed by atoms with Gasteiger partial charge in [-0.25, -0.2) is 0 Å². The fraction of sp³-hybridized carbons (Fsp3) is 0.933. The van der Waals surface area contributed by atoms with Gasteiger partial charge in [-0.2, -0.15) is 0 Å². The fourth-order valence-electron chi connectivity index (χ4n) is 2.92. The Kier molecular flexibility index (Phi) is 5.64. The third-order valence-corrected chi connectivity index (χ3v) is 4.13. The van der Waals surface area contributed by atoms with E-state index in [9.17, 15) is 4.79 Å². The maximum Gasteiger partial charge on any atom is 0.127 e. The second kappa shape index (κ2) is 6.53. The van der Waals surface area contributed by atoms with Crippen LogP contribution in [0.5, 0.6) is 0 Å². The Labute approximate surface area is 107 Å². The van der Waals surface area contributed by atoms with Gasteiger partial charge in [-0.3, -0.25) is 0 Å². The highest BCUT2D eigenvalue weighted by Gasteiger charge is 2.35. The van der Waals surface area contributed by atoms with Crippen molar-refractivity contribution in [3.63, 3.8) is 0 Å². The molecule has 0 spiro atoms. The summed E-state index contributed by atoms with van der Waals surface area (Å²) in [7, 11) is 0. The van der Waals surface area contributed by atoms with E-state index >= 15 is 0 Å². The van der Waals surface area contributed by atoms with E-state index in [0.717, 1.165) is 38.4 Å². The average Bonchev–Trinajstić information content (AvgIpc) is 2.31. The van der Waals surface area contributed by atoms with Crippen molar-refractivity contribution >= 4 is 6.29 Å². The Morgan fingerprint density at radius 1 is 1.35 bits per heavy atom. The molecule has 100 valence electrons. The molecule has 0 aromatic carbocycles. The van der Waals surface area contributed by atoms with Crippen LogP contribution < -0.4 is 0 Å². The molecule has 1 aliphatic carbocycles. The first-order chi connectivity index (χ1) is 8.01. The molecule has 1 saturated carbocycles. The number of carbonyl (C=O) groups is 1. The summed E-state index contributed by atoms with van der Waals surface area (Å²) >= 11 is 0. The SMILES string of the molecule is CCN(CC(C)C)CC1(C=O)CCC(C)CC1. The van der Waals surface area contributed by atoms with E-state index in [4.69, 9.17) is 0 Å². The Morgan fingerprint density at radius 3 is 2.35 bits per heavy atom. The summed E-state index contributed by atoms with van der Waals surface area (Å²) in [5, 5.41) is 0. The van der Waals surface area contributed by atoms with Crippen molar-refractivity contribution in [3.8, 4) is 0 Å². The first-order valence-electron chi connectivity index (χ1n) is 7.20. The molecule has 0 bridgehead atoms. The van der Waals surface area contributed by atoms with Gasteiger partial charge < -0.3 is 9.69 Å². The Hall–Kier alpha value is -0.370. The summed E-state index contributed by atoms with van der Waals surface area (Å²) in [4.78, 5) is 14.0. The van der Waals surface area contributed by atoms with Crippen LogP contribution in [0, 0.1) is 17.3 Å². The molecule has 0 aromatic rings. The van der Waals surface area contributed by atoms with Gasteiger partial charge in [-0.1, -0.05) is 27.7 Å². The Morgan fingerprint density at radius 2 is 1.94 bits per heavy atom. The maximum absolute atomic E-state index is 11.5. The fourth-order valence-corrected chi connectivity index (χ4v) is 2.92. The van der Waals surface area contributed by atoms with Crippen LogP contribution in [0.15, 0.2) is 0 Å². The second-order valence-electron chi connectivity index (χ2n) is 6.38. The molecule has 2 heteroatoms. The summed E-state index contributed by atoms with van der Waals surface area (Å²) in [5.74, 6) is 1.49. The van der Waals surface area contributed by atoms with Crippen molar-refractivity contribution in [3.05, 3.63) is 0 Å². The molecule has 0 N–H and O–H groups in total. The smallest absolute Gasteiger partial charge is 0.127 e. The summed E-state index contributed by atoms with van der Waals surface area (Å²) in [6.45, 7) is 12.1. The van der Waals surface area contributed by atoms with Crippen LogP contribution in [-0.4, -0.2) is 30.8 Å². The van der Waals surface area contributed by atoms with Crippen molar-refractivity contribution in [2.24, 2.45) is 17.3 Å². The number of hydrogen-bond acceptors (Lipinski definition) is 2. The molecule has 0 aromatic heterocycles. The Balaban J connectivity index is 2.57. The van der Waals surface area contributed by atoms with Crippen molar-refractivity contribution in [2.75, 3.05) is 19.6 Å². The molecule has 0 aliphatic heterocycles. The lowest BCUT2D eigenvalue weighted by Crippen LogP contribution is -2.42. The summed E-state index contributed by atoms with van der Waals surface area (Å²) in [5.41, 5.74) is -0.0442. The van der Waals surface area contributed by atoms with Gasteiger partial charge in [0.2, 0.25) is 0 Å². The van der Waals surface area contributed by atoms with E-state index in [1.54, 1.807) is 0 Å². The van der Waals surface area contributed by atoms with E-state index in [1.807, 2.05) is 0 Å². The molecule has 1 rings (SSSR count). The van der Waals surface area contributed by atoms with Gasteiger partial charge in [0, 0.05) is 18.5 Å². The van der Waals surface area contributed by atoms with Gasteiger partial charge in [0.15, 0.2) is 0 Å². The summed E-state index contributed by atoms with van der Waals surface area (Å²) < 4.78 is 0. The molecule has 1 aliphatic rings. The normalized spacial score (nSPS) is 29.9. The minimum Gasteiger partial charge on any atom is -0.303 e. The van der Waals surface area contributed by atoms with E-state index in [2.05, 4.69) is 32.6 Å². The largest absolute Gasteiger partial charge is 0.303 e. The topological polar surface area (TPSA) is 20.3 Å². The average molecular weight is 239 g/mol. The molecular formula is C15H29NO. The third-order valence-electron chi connectivity index (χ3n) is 4.13. The third kappa shape index (κ3) is 4.42. The maximum atomic E-state index is 11.5. The molecule has 0 atom stereocenters. The summed E-state index contributed by atoms with van der Waals surface area (Å²) in [6.07, 6.45) is 5.87. The van der Waals surface area contributed by atoms with Gasteiger partial charge >= 0.3 is 0 Å². The zero-order valence-corrected chi connectivity index (χ0v) is 12.0. The van der Waals surface area contributed by atoms with Crippen LogP contribution in [0.4, 0.5) is 0 Å². The summed E-state index contributed by atoms with van der Waals surface area (Å²) in [6, 6.07) is 0. The lowest BCUT2D eigenvalue weighted by molar-refractivity contribution is -0.119. The van der Waals surface area contributed by atoms with Gasteiger partial charge in [0.25, 0.3) is 0 Å². The molecule has 0 heterocycles. The number of aldehydes is 1. The standard InChI is InChI=1S/C15H29NO/c1-5-16(10-13(2)3)11-15(12-17)8-6-14(4)7-9-15/h12-14H,5-11H2,1-4H3. The van der Waals surface area contributed by atoms with Crippen molar-refractivity contribution in [2.45, 2.75) is 53.4 Å². The monoisotopic (exact) mass is 239 g/mol. The molecule has 0 unspecified atom stereocenters. The van der Waals surface area contributed by atoms with Crippen LogP contribution in [0.2, 0.25) is 0 Å². The van der Waals surface area contributed by atoms with Crippen molar-refractivity contribution in [1.82, 2.24) is 4.90 Å². The van der Waals surface area contributed by atoms with E-state index in [-0.39, 0.29) is 5.41 Å². The molecule has 2 nitrogen and oxygen atoms in total. The van der Waals surface area contributed by atoms with E-state index in [1.165, 1.54) is 19.1 Å². The Bertz CT molecular complexity index is 229. The molecule has 0 radical (unpaired) electrons.